The van der Waals surface area contributed by atoms with E-state index in [0.29, 0.717) is 6.04 Å². The van der Waals surface area contributed by atoms with Crippen LogP contribution in [-0.2, 0) is 0 Å². The summed E-state index contributed by atoms with van der Waals surface area (Å²) in [6.07, 6.45) is 10.2. The molecule has 1 saturated heterocycles. The number of rotatable bonds is 4. The summed E-state index contributed by atoms with van der Waals surface area (Å²) >= 11 is 0. The Kier molecular flexibility index (Phi) is 4.13. The molecule has 24 heavy (non-hydrogen) atoms. The number of aromatic nitrogens is 5. The fraction of sp³-hybridized carbons (Fsp3) is 0.389. The van der Waals surface area contributed by atoms with Crippen LogP contribution in [-0.4, -0.2) is 42.5 Å². The van der Waals surface area contributed by atoms with Gasteiger partial charge in [0.2, 0.25) is 0 Å². The second-order valence-corrected chi connectivity index (χ2v) is 6.38. The van der Waals surface area contributed by atoms with Gasteiger partial charge in [0, 0.05) is 31.5 Å². The fourth-order valence-corrected chi connectivity index (χ4v) is 3.42. The first-order chi connectivity index (χ1) is 11.8. The zero-order valence-electron chi connectivity index (χ0n) is 13.9. The number of imidazole rings is 1. The van der Waals surface area contributed by atoms with Crippen LogP contribution in [0.25, 0.3) is 5.69 Å². The second kappa shape index (κ2) is 6.57. The van der Waals surface area contributed by atoms with Gasteiger partial charge in [-0.25, -0.2) is 9.67 Å². The molecular weight excluding hydrogens is 300 g/mol. The van der Waals surface area contributed by atoms with Crippen LogP contribution in [0.15, 0.2) is 55.2 Å². The van der Waals surface area contributed by atoms with E-state index in [0.717, 1.165) is 37.3 Å². The van der Waals surface area contributed by atoms with Crippen molar-refractivity contribution < 1.29 is 0 Å². The highest BCUT2D eigenvalue weighted by Crippen LogP contribution is 2.28. The van der Waals surface area contributed by atoms with Crippen molar-refractivity contribution in [1.29, 1.82) is 0 Å². The van der Waals surface area contributed by atoms with E-state index in [1.165, 1.54) is 0 Å². The molecule has 1 fully saturated rings. The number of piperidine rings is 1. The lowest BCUT2D eigenvalue weighted by Crippen LogP contribution is -2.36. The lowest BCUT2D eigenvalue weighted by molar-refractivity contribution is 0.141. The van der Waals surface area contributed by atoms with Crippen molar-refractivity contribution in [2.45, 2.75) is 31.8 Å². The Morgan fingerprint density at radius 3 is 2.62 bits per heavy atom. The van der Waals surface area contributed by atoms with Crippen molar-refractivity contribution in [3.8, 4) is 5.69 Å². The number of para-hydroxylation sites is 1. The normalized spacial score (nSPS) is 17.9. The molecule has 1 aromatic carbocycles. The van der Waals surface area contributed by atoms with Crippen molar-refractivity contribution in [3.63, 3.8) is 0 Å². The largest absolute Gasteiger partial charge is 0.334 e. The molecule has 6 nitrogen and oxygen atoms in total. The van der Waals surface area contributed by atoms with Crippen molar-refractivity contribution in [2.24, 2.45) is 0 Å². The molecule has 3 aromatic rings. The van der Waals surface area contributed by atoms with E-state index in [4.69, 9.17) is 0 Å². The molecule has 0 amide bonds. The Morgan fingerprint density at radius 2 is 1.92 bits per heavy atom. The zero-order chi connectivity index (χ0) is 16.4. The number of hydrogen-bond donors (Lipinski definition) is 0. The lowest BCUT2D eigenvalue weighted by atomic mass is 10.0. The van der Waals surface area contributed by atoms with Crippen LogP contribution in [0.1, 0.15) is 37.5 Å². The standard InChI is InChI=1S/C18H22N6/c1-15(18-13-24(21-20-18)17-5-3-2-4-6-17)22-10-7-16(8-11-22)23-12-9-19-14-23/h2-6,9,12-16H,7-8,10-11H2,1H3. The fourth-order valence-electron chi connectivity index (χ4n) is 3.42. The van der Waals surface area contributed by atoms with Crippen LogP contribution >= 0.6 is 0 Å². The van der Waals surface area contributed by atoms with Gasteiger partial charge in [0.1, 0.15) is 0 Å². The summed E-state index contributed by atoms with van der Waals surface area (Å²) < 4.78 is 4.08. The molecule has 124 valence electrons. The van der Waals surface area contributed by atoms with Crippen LogP contribution in [0.3, 0.4) is 0 Å². The van der Waals surface area contributed by atoms with Gasteiger partial charge in [-0.2, -0.15) is 0 Å². The van der Waals surface area contributed by atoms with Gasteiger partial charge in [-0.15, -0.1) is 5.10 Å². The quantitative estimate of drug-likeness (QED) is 0.741. The summed E-state index contributed by atoms with van der Waals surface area (Å²) in [5, 5.41) is 8.68. The first-order valence-electron chi connectivity index (χ1n) is 8.50. The Hall–Kier alpha value is -2.47. The zero-order valence-corrected chi connectivity index (χ0v) is 13.9. The molecule has 1 aliphatic rings. The molecule has 3 heterocycles. The molecule has 0 saturated carbocycles. The van der Waals surface area contributed by atoms with Crippen LogP contribution < -0.4 is 0 Å². The number of benzene rings is 1. The lowest BCUT2D eigenvalue weighted by Gasteiger charge is -2.35. The van der Waals surface area contributed by atoms with Crippen molar-refractivity contribution in [2.75, 3.05) is 13.1 Å². The van der Waals surface area contributed by atoms with E-state index in [1.54, 1.807) is 0 Å². The van der Waals surface area contributed by atoms with E-state index < -0.39 is 0 Å². The van der Waals surface area contributed by atoms with Crippen LogP contribution in [0.4, 0.5) is 0 Å². The molecule has 6 heteroatoms. The summed E-state index contributed by atoms with van der Waals surface area (Å²) in [6, 6.07) is 11.0. The van der Waals surface area contributed by atoms with Crippen molar-refractivity contribution >= 4 is 0 Å². The number of hydrogen-bond acceptors (Lipinski definition) is 4. The van der Waals surface area contributed by atoms with Gasteiger partial charge >= 0.3 is 0 Å². The molecule has 0 N–H and O–H groups in total. The van der Waals surface area contributed by atoms with Gasteiger partial charge in [0.15, 0.2) is 0 Å². The Bertz CT molecular complexity index is 756. The molecule has 1 atom stereocenters. The molecule has 0 bridgehead atoms. The van der Waals surface area contributed by atoms with E-state index in [-0.39, 0.29) is 6.04 Å². The molecule has 0 radical (unpaired) electrons. The predicted octanol–water partition coefficient (Wildman–Crippen LogP) is 2.86. The van der Waals surface area contributed by atoms with Gasteiger partial charge in [-0.05, 0) is 31.9 Å². The van der Waals surface area contributed by atoms with Gasteiger partial charge in [0.25, 0.3) is 0 Å². The highest BCUT2D eigenvalue weighted by molar-refractivity contribution is 5.30. The topological polar surface area (TPSA) is 51.8 Å². The SMILES string of the molecule is CC(c1cn(-c2ccccc2)nn1)N1CCC(n2ccnc2)CC1. The Labute approximate surface area is 141 Å². The highest BCUT2D eigenvalue weighted by atomic mass is 15.4. The first kappa shape index (κ1) is 15.1. The van der Waals surface area contributed by atoms with E-state index in [9.17, 15) is 0 Å². The summed E-state index contributed by atoms with van der Waals surface area (Å²) in [6.45, 7) is 4.36. The van der Waals surface area contributed by atoms with E-state index in [2.05, 4.69) is 37.9 Å². The number of likely N-dealkylation sites (tertiary alicyclic amines) is 1. The molecule has 1 aliphatic heterocycles. The van der Waals surface area contributed by atoms with Crippen LogP contribution in [0, 0.1) is 0 Å². The summed E-state index contributed by atoms with van der Waals surface area (Å²) in [5.41, 5.74) is 2.07. The van der Waals surface area contributed by atoms with E-state index in [1.807, 2.05) is 53.7 Å². The van der Waals surface area contributed by atoms with Gasteiger partial charge in [-0.3, -0.25) is 4.90 Å². The maximum absolute atomic E-state index is 4.39. The minimum atomic E-state index is 0.284. The molecular formula is C18H22N6. The van der Waals surface area contributed by atoms with Crippen molar-refractivity contribution in [3.05, 3.63) is 60.9 Å². The highest BCUT2D eigenvalue weighted by Gasteiger charge is 2.25. The van der Waals surface area contributed by atoms with Crippen molar-refractivity contribution in [1.82, 2.24) is 29.4 Å². The Balaban J connectivity index is 1.42. The third-order valence-electron chi connectivity index (χ3n) is 4.95. The minimum Gasteiger partial charge on any atom is -0.334 e. The minimum absolute atomic E-state index is 0.284. The predicted molar refractivity (Wildman–Crippen MR) is 91.8 cm³/mol. The second-order valence-electron chi connectivity index (χ2n) is 6.38. The van der Waals surface area contributed by atoms with Gasteiger partial charge < -0.3 is 4.57 Å². The first-order valence-corrected chi connectivity index (χ1v) is 8.50. The third kappa shape index (κ3) is 2.97. The molecule has 4 rings (SSSR count). The van der Waals surface area contributed by atoms with Crippen LogP contribution in [0.5, 0.6) is 0 Å². The van der Waals surface area contributed by atoms with Crippen LogP contribution in [0.2, 0.25) is 0 Å². The van der Waals surface area contributed by atoms with E-state index >= 15 is 0 Å². The molecule has 0 aliphatic carbocycles. The Morgan fingerprint density at radius 1 is 1.12 bits per heavy atom. The average molecular weight is 322 g/mol. The molecule has 0 spiro atoms. The molecule has 1 unspecified atom stereocenters. The average Bonchev–Trinajstić information content (AvgIpc) is 3.34. The number of nitrogens with zero attached hydrogens (tertiary/aromatic N) is 6. The maximum Gasteiger partial charge on any atom is 0.1000 e. The summed E-state index contributed by atoms with van der Waals surface area (Å²) in [7, 11) is 0. The van der Waals surface area contributed by atoms with Gasteiger partial charge in [0.05, 0.1) is 29.9 Å². The maximum atomic E-state index is 4.39. The summed E-state index contributed by atoms with van der Waals surface area (Å²) in [4.78, 5) is 6.65. The smallest absolute Gasteiger partial charge is 0.1000 e. The van der Waals surface area contributed by atoms with Gasteiger partial charge in [-0.1, -0.05) is 23.4 Å². The third-order valence-corrected chi connectivity index (χ3v) is 4.95. The summed E-state index contributed by atoms with van der Waals surface area (Å²) in [5.74, 6) is 0. The molecule has 2 aromatic heterocycles. The monoisotopic (exact) mass is 322 g/mol.